The second-order valence-electron chi connectivity index (χ2n) is 32.6. The van der Waals surface area contributed by atoms with Gasteiger partial charge < -0.3 is 33.5 Å². The molecule has 0 unspecified atom stereocenters. The number of thiophene rings is 2. The molecule has 0 N–H and O–H groups in total. The Morgan fingerprint density at radius 2 is 0.556 bits per heavy atom. The van der Waals surface area contributed by atoms with Crippen molar-refractivity contribution in [1.82, 2.24) is 4.57 Å². The Balaban J connectivity index is 0.000000116. The zero-order valence-corrected chi connectivity index (χ0v) is 72.9. The summed E-state index contributed by atoms with van der Waals surface area (Å²) in [5.74, 6) is -3.21. The van der Waals surface area contributed by atoms with E-state index in [-0.39, 0.29) is 22.9 Å². The lowest BCUT2D eigenvalue weighted by Crippen LogP contribution is -2.16. The molecule has 15 aromatic carbocycles. The van der Waals surface area contributed by atoms with Crippen LogP contribution in [0.25, 0.3) is 95.2 Å². The van der Waals surface area contributed by atoms with Crippen molar-refractivity contribution in [3.8, 4) is 11.1 Å². The van der Waals surface area contributed by atoms with Crippen LogP contribution in [0, 0.1) is 63.7 Å². The smallest absolute Gasteiger partial charge is 0.419 e. The molecule has 19 aromatic rings. The van der Waals surface area contributed by atoms with Gasteiger partial charge in [-0.3, -0.25) is 0 Å². The molecule has 0 aliphatic heterocycles. The Hall–Kier alpha value is -13.4. The molecule has 7 nitrogen and oxygen atoms in total. The van der Waals surface area contributed by atoms with E-state index in [1.54, 1.807) is 65.6 Å². The van der Waals surface area contributed by atoms with Crippen LogP contribution in [0.1, 0.15) is 63.9 Å². The fourth-order valence-corrected chi connectivity index (χ4v) is 18.9. The molecule has 126 heavy (non-hydrogen) atoms. The lowest BCUT2D eigenvalue weighted by molar-refractivity contribution is -0.140. The number of aromatic nitrogens is 1. The normalized spacial score (nSPS) is 12.2. The molecule has 20 rings (SSSR count). The molecule has 0 saturated carbocycles. The van der Waals surface area contributed by atoms with Crippen LogP contribution in [0.5, 0.6) is 0 Å². The second-order valence-corrected chi connectivity index (χ2v) is 34.7. The van der Waals surface area contributed by atoms with Crippen molar-refractivity contribution in [2.24, 2.45) is 7.05 Å². The van der Waals surface area contributed by atoms with Crippen LogP contribution < -0.4 is 24.5 Å². The molecule has 0 fully saturated rings. The fraction of sp³-hybridized carbons (Fsp3) is 0.151. The van der Waals surface area contributed by atoms with Crippen molar-refractivity contribution >= 4 is 164 Å². The van der Waals surface area contributed by atoms with Gasteiger partial charge >= 0.3 is 12.4 Å². The molecule has 4 heterocycles. The van der Waals surface area contributed by atoms with Gasteiger partial charge in [-0.15, -0.1) is 22.7 Å². The summed E-state index contributed by atoms with van der Waals surface area (Å²) in [6.07, 6.45) is -9.41. The third-order valence-electron chi connectivity index (χ3n) is 23.7. The molecule has 0 bridgehead atoms. The Kier molecular flexibility index (Phi) is 23.4. The highest BCUT2D eigenvalue weighted by Crippen LogP contribution is 2.51. The average molecular weight is 1730 g/mol. The van der Waals surface area contributed by atoms with Gasteiger partial charge in [0.2, 0.25) is 0 Å². The topological polar surface area (TPSA) is 34.3 Å². The number of hydrogen-bond acceptors (Lipinski definition) is 8. The second kappa shape index (κ2) is 34.2. The van der Waals surface area contributed by atoms with Crippen molar-refractivity contribution in [1.29, 1.82) is 0 Å². The summed E-state index contributed by atoms with van der Waals surface area (Å²) in [6.45, 7) is 15.0. The molecule has 0 saturated heterocycles. The van der Waals surface area contributed by atoms with Gasteiger partial charge in [0, 0.05) is 178 Å². The van der Waals surface area contributed by atoms with Gasteiger partial charge in [-0.05, 0) is 273 Å². The Bertz CT molecular complexity index is 7170. The van der Waals surface area contributed by atoms with Gasteiger partial charge in [0.25, 0.3) is 0 Å². The zero-order valence-electron chi connectivity index (χ0n) is 71.3. The van der Waals surface area contributed by atoms with E-state index in [4.69, 9.17) is 4.42 Å². The molecule has 0 spiro atoms. The number of alkyl halides is 6. The van der Waals surface area contributed by atoms with E-state index >= 15 is 0 Å². The third-order valence-corrected chi connectivity index (χ3v) is 25.9. The molecule has 636 valence electrons. The first-order valence-electron chi connectivity index (χ1n) is 40.7. The van der Waals surface area contributed by atoms with Crippen LogP contribution in [0.2, 0.25) is 0 Å². The van der Waals surface area contributed by atoms with Gasteiger partial charge in [-0.2, -0.15) is 26.3 Å². The van der Waals surface area contributed by atoms with Crippen molar-refractivity contribution in [3.05, 3.63) is 370 Å². The van der Waals surface area contributed by atoms with Crippen molar-refractivity contribution in [3.63, 3.8) is 0 Å². The maximum absolute atomic E-state index is 13.9. The van der Waals surface area contributed by atoms with Crippen molar-refractivity contribution in [2.75, 3.05) is 59.7 Å². The van der Waals surface area contributed by atoms with Crippen LogP contribution in [-0.4, -0.2) is 39.8 Å². The minimum absolute atomic E-state index is 0.0175. The number of furan rings is 1. The summed E-state index contributed by atoms with van der Waals surface area (Å²) < 4.78 is 157. The van der Waals surface area contributed by atoms with Gasteiger partial charge in [0.1, 0.15) is 40.3 Å². The Morgan fingerprint density at radius 3 is 0.992 bits per heavy atom. The molecule has 0 radical (unpaired) electrons. The van der Waals surface area contributed by atoms with Gasteiger partial charge in [0.05, 0.1) is 16.6 Å². The van der Waals surface area contributed by atoms with E-state index in [1.165, 1.54) is 145 Å². The summed E-state index contributed by atoms with van der Waals surface area (Å²) in [5, 5.41) is 9.37. The predicted octanol–water partition coefficient (Wildman–Crippen LogP) is 32.1. The molecular formula is C106H87F11N6OS2. The number of nitrogens with zero attached hydrogens (tertiary/aromatic N) is 6. The molecule has 20 heteroatoms. The first-order valence-corrected chi connectivity index (χ1v) is 42.4. The number of aryl methyl sites for hydroxylation is 6. The maximum atomic E-state index is 13.9. The first-order chi connectivity index (χ1) is 60.0. The number of anilines is 10. The summed E-state index contributed by atoms with van der Waals surface area (Å²) in [7, 11) is 11.5. The predicted molar refractivity (Wildman–Crippen MR) is 503 cm³/mol. The van der Waals surface area contributed by atoms with Gasteiger partial charge in [0.15, 0.2) is 0 Å². The molecule has 0 atom stereocenters. The van der Waals surface area contributed by atoms with E-state index in [1.807, 2.05) is 107 Å². The van der Waals surface area contributed by atoms with E-state index in [9.17, 15) is 48.3 Å². The SMILES string of the molecule is Cc1ccc2c(c1)C(C)(C)c1cc(N(C)c3ccc(F)cc3)ccc1-2.Cc1ccc2c(c1)oc1cc(N(C)c3ccc(C(F)(F)F)c(F)c3)ccc12.Cc1ccc2c(c1)sc1cc(N(C)c3ccc(C(F)(F)F)c(F)c3)ccc12.Cc1ccc2c(c1)sc1cc(N(C)c3ccc(F)cc3)ccc12.Cc1ccc2c3ccc(N(C)c4ccc(F)cc4)cc3n(C)c2c1. The summed E-state index contributed by atoms with van der Waals surface area (Å²) >= 11 is 3.48. The van der Waals surface area contributed by atoms with Gasteiger partial charge in [-0.1, -0.05) is 110 Å². The zero-order chi connectivity index (χ0) is 89.3. The molecule has 1 aliphatic carbocycles. The molecule has 1 aliphatic rings. The van der Waals surface area contributed by atoms with Crippen molar-refractivity contribution in [2.45, 2.75) is 66.2 Å². The Labute approximate surface area is 730 Å². The van der Waals surface area contributed by atoms with Crippen LogP contribution in [0.4, 0.5) is 105 Å². The quantitative estimate of drug-likeness (QED) is 0.127. The number of fused-ring (bicyclic) bond motifs is 15. The fourth-order valence-electron chi connectivity index (χ4n) is 16.4. The standard InChI is InChI=1S/C23H22FN.C21H15F4NO.C21H15F4NS.C21H19FN2.C20H16FNS/c1-15-5-11-19-20-12-10-18(14-22(20)23(2,3)21(19)13-15)25(4)17-8-6-16(24)7-9-17;2*1-12-3-6-15-16-7-4-14(11-20(16)27-19(15)9-12)26(2)13-5-8-17(18(22)10-13)21(23,24)25;1-14-4-10-18-19-11-9-17(13-21(19)24(3)20(18)12-14)23(2)16-7-5-15(22)6-8-16;1-13-3-9-17-18-10-8-16(12-20(18)23-19(17)11-13)22(2)15-6-4-14(21)5-7-15/h5-14H,1-4H3;2*3-11H,1-2H3;4-13H,1-3H3;3-12H,1-2H3. The minimum Gasteiger partial charge on any atom is -0.456 e. The molecule has 0 amide bonds. The van der Waals surface area contributed by atoms with Crippen molar-refractivity contribution < 1.29 is 52.7 Å². The highest BCUT2D eigenvalue weighted by atomic mass is 32.1. The largest absolute Gasteiger partial charge is 0.456 e. The Morgan fingerprint density at radius 1 is 0.278 bits per heavy atom. The van der Waals surface area contributed by atoms with E-state index in [2.05, 4.69) is 188 Å². The van der Waals surface area contributed by atoms with E-state index in [0.717, 1.165) is 96.1 Å². The van der Waals surface area contributed by atoms with Crippen LogP contribution in [-0.2, 0) is 24.8 Å². The summed E-state index contributed by atoms with van der Waals surface area (Å²) in [4.78, 5) is 9.54. The maximum Gasteiger partial charge on any atom is 0.419 e. The lowest BCUT2D eigenvalue weighted by Gasteiger charge is -2.25. The minimum atomic E-state index is -4.72. The molecular weight excluding hydrogens is 1650 g/mol. The third kappa shape index (κ3) is 17.4. The number of hydrogen-bond donors (Lipinski definition) is 0. The van der Waals surface area contributed by atoms with E-state index < -0.39 is 35.1 Å². The average Bonchev–Trinajstić information content (AvgIpc) is 1.49. The summed E-state index contributed by atoms with van der Waals surface area (Å²) in [5.41, 5.74) is 21.2. The van der Waals surface area contributed by atoms with Crippen LogP contribution in [0.3, 0.4) is 0 Å². The summed E-state index contributed by atoms with van der Waals surface area (Å²) in [6, 6.07) is 88.8. The highest BCUT2D eigenvalue weighted by Gasteiger charge is 2.38. The van der Waals surface area contributed by atoms with E-state index in [0.29, 0.717) is 22.6 Å². The highest BCUT2D eigenvalue weighted by molar-refractivity contribution is 7.26. The van der Waals surface area contributed by atoms with Crippen LogP contribution in [0.15, 0.2) is 296 Å². The van der Waals surface area contributed by atoms with Gasteiger partial charge in [-0.25, -0.2) is 22.0 Å². The van der Waals surface area contributed by atoms with Crippen LogP contribution >= 0.6 is 22.7 Å². The number of halogens is 11. The monoisotopic (exact) mass is 1730 g/mol. The number of rotatable bonds is 10. The lowest BCUT2D eigenvalue weighted by atomic mass is 9.82. The number of benzene rings is 15. The first kappa shape index (κ1) is 86.1. The molecule has 4 aromatic heterocycles.